The molecular formula is C48H48F6N6O8. The Labute approximate surface area is 386 Å². The summed E-state index contributed by atoms with van der Waals surface area (Å²) in [7, 11) is 0. The van der Waals surface area contributed by atoms with Crippen molar-refractivity contribution in [3.05, 3.63) is 134 Å². The van der Waals surface area contributed by atoms with Crippen LogP contribution in [0.3, 0.4) is 0 Å². The lowest BCUT2D eigenvalue weighted by molar-refractivity contribution is -0.193. The van der Waals surface area contributed by atoms with Crippen LogP contribution < -0.4 is 10.6 Å². The summed E-state index contributed by atoms with van der Waals surface area (Å²) < 4.78 is 63.5. The van der Waals surface area contributed by atoms with E-state index in [2.05, 4.69) is 44.9 Å². The Hall–Kier alpha value is -7.90. The number of carboxylic acid groups (broad SMARTS) is 4. The largest absolute Gasteiger partial charge is 0.490 e. The molecule has 0 atom stereocenters. The molecule has 0 saturated carbocycles. The van der Waals surface area contributed by atoms with Crippen molar-refractivity contribution >= 4 is 35.8 Å². The highest BCUT2D eigenvalue weighted by Crippen LogP contribution is 2.32. The van der Waals surface area contributed by atoms with Gasteiger partial charge in [0.2, 0.25) is 11.9 Å². The first-order valence-corrected chi connectivity index (χ1v) is 20.8. The Bertz CT molecular complexity index is 2300. The van der Waals surface area contributed by atoms with Crippen molar-refractivity contribution in [3.63, 3.8) is 0 Å². The van der Waals surface area contributed by atoms with E-state index in [4.69, 9.17) is 40.0 Å². The van der Waals surface area contributed by atoms with Crippen LogP contribution in [-0.4, -0.2) is 89.7 Å². The van der Waals surface area contributed by atoms with Crippen LogP contribution in [-0.2, 0) is 19.2 Å². The second kappa shape index (κ2) is 28.2. The van der Waals surface area contributed by atoms with Crippen molar-refractivity contribution < 1.29 is 65.9 Å². The smallest absolute Gasteiger partial charge is 0.481 e. The normalized spacial score (nSPS) is 10.7. The molecule has 360 valence electrons. The quantitative estimate of drug-likeness (QED) is 0.0348. The maximum atomic E-state index is 10.6. The number of alkyl halides is 6. The summed E-state index contributed by atoms with van der Waals surface area (Å²) in [5, 5.41) is 38.1. The molecule has 0 saturated heterocycles. The lowest BCUT2D eigenvalue weighted by atomic mass is 10.0. The Morgan fingerprint density at radius 3 is 0.971 bits per heavy atom. The number of aromatic nitrogens is 4. The number of aliphatic carboxylic acids is 4. The zero-order valence-corrected chi connectivity index (χ0v) is 36.3. The summed E-state index contributed by atoms with van der Waals surface area (Å²) in [4.78, 5) is 57.3. The van der Waals surface area contributed by atoms with Crippen LogP contribution in [0.2, 0.25) is 0 Å². The van der Waals surface area contributed by atoms with Gasteiger partial charge in [-0.05, 0) is 36.8 Å². The first-order chi connectivity index (χ1) is 32.4. The van der Waals surface area contributed by atoms with E-state index >= 15 is 0 Å². The van der Waals surface area contributed by atoms with E-state index in [0.717, 1.165) is 83.5 Å². The maximum Gasteiger partial charge on any atom is 0.490 e. The number of rotatable bonds is 18. The van der Waals surface area contributed by atoms with Gasteiger partial charge < -0.3 is 31.1 Å². The minimum atomic E-state index is -5.08. The highest BCUT2D eigenvalue weighted by atomic mass is 19.4. The van der Waals surface area contributed by atoms with Crippen LogP contribution in [0.25, 0.3) is 44.8 Å². The van der Waals surface area contributed by atoms with Crippen LogP contribution in [0.15, 0.2) is 134 Å². The van der Waals surface area contributed by atoms with Crippen LogP contribution in [0.4, 0.5) is 38.2 Å². The van der Waals surface area contributed by atoms with E-state index in [1.807, 2.05) is 109 Å². The number of unbranched alkanes of at least 4 members (excludes halogenated alkanes) is 4. The van der Waals surface area contributed by atoms with Crippen LogP contribution >= 0.6 is 0 Å². The molecule has 0 aliphatic rings. The van der Waals surface area contributed by atoms with Gasteiger partial charge in [0, 0.05) is 60.6 Å². The van der Waals surface area contributed by atoms with E-state index in [1.54, 1.807) is 0 Å². The first kappa shape index (κ1) is 54.4. The fraction of sp³-hybridized carbons (Fsp3) is 0.250. The van der Waals surface area contributed by atoms with Gasteiger partial charge in [-0.2, -0.15) is 26.3 Å². The molecule has 0 spiro atoms. The van der Waals surface area contributed by atoms with Crippen molar-refractivity contribution in [2.75, 3.05) is 23.7 Å². The topological polar surface area (TPSA) is 225 Å². The molecule has 6 aromatic rings. The van der Waals surface area contributed by atoms with Gasteiger partial charge >= 0.3 is 36.2 Å². The van der Waals surface area contributed by atoms with E-state index in [0.29, 0.717) is 24.7 Å². The van der Waals surface area contributed by atoms with Gasteiger partial charge in [0.1, 0.15) is 0 Å². The molecule has 0 amide bonds. The summed E-state index contributed by atoms with van der Waals surface area (Å²) in [5.41, 5.74) is 8.03. The predicted molar refractivity (Wildman–Crippen MR) is 242 cm³/mol. The summed E-state index contributed by atoms with van der Waals surface area (Å²) >= 11 is 0. The van der Waals surface area contributed by atoms with Crippen molar-refractivity contribution in [2.24, 2.45) is 0 Å². The standard InChI is InChI=1S/2C22H23N3O2.2C2HF3O2/c2*26-20(27)14-8-3-9-15-23-22-24-16-19(17-10-4-1-5-11-17)21(25-22)18-12-6-2-7-13-18;2*3-2(4,5)1(6)7/h2*1-2,4-7,10-13,16H,3,8-9,14-15H2,(H,26,27)(H,23,24,25);2*(H,6,7). The third-order valence-electron chi connectivity index (χ3n) is 9.03. The van der Waals surface area contributed by atoms with Gasteiger partial charge in [0.25, 0.3) is 0 Å². The molecule has 2 aromatic heterocycles. The number of carboxylic acids is 4. The average Bonchev–Trinajstić information content (AvgIpc) is 3.32. The minimum Gasteiger partial charge on any atom is -0.481 e. The Morgan fingerprint density at radius 2 is 0.706 bits per heavy atom. The third-order valence-corrected chi connectivity index (χ3v) is 9.03. The second-order valence-electron chi connectivity index (χ2n) is 14.2. The first-order valence-electron chi connectivity index (χ1n) is 20.8. The molecule has 0 aliphatic heterocycles. The molecule has 0 radical (unpaired) electrons. The molecule has 0 fully saturated rings. The van der Waals surface area contributed by atoms with Crippen LogP contribution in [0, 0.1) is 0 Å². The number of carbonyl (C=O) groups is 4. The molecule has 20 heteroatoms. The highest BCUT2D eigenvalue weighted by Gasteiger charge is 2.39. The number of nitrogens with zero attached hydrogens (tertiary/aromatic N) is 4. The number of benzene rings is 4. The van der Waals surface area contributed by atoms with Crippen molar-refractivity contribution in [1.82, 2.24) is 19.9 Å². The average molecular weight is 951 g/mol. The van der Waals surface area contributed by atoms with Gasteiger partial charge in [-0.15, -0.1) is 0 Å². The number of nitrogens with one attached hydrogen (secondary N) is 2. The van der Waals surface area contributed by atoms with Crippen LogP contribution in [0.5, 0.6) is 0 Å². The molecule has 0 bridgehead atoms. The van der Waals surface area contributed by atoms with Gasteiger partial charge in [-0.1, -0.05) is 134 Å². The van der Waals surface area contributed by atoms with Gasteiger partial charge in [-0.25, -0.2) is 29.5 Å². The van der Waals surface area contributed by atoms with E-state index < -0.39 is 36.2 Å². The third kappa shape index (κ3) is 20.5. The molecule has 6 rings (SSSR count). The Morgan fingerprint density at radius 1 is 0.426 bits per heavy atom. The molecule has 0 unspecified atom stereocenters. The summed E-state index contributed by atoms with van der Waals surface area (Å²) in [5.74, 6) is -5.82. The summed E-state index contributed by atoms with van der Waals surface area (Å²) in [6.45, 7) is 1.44. The van der Waals surface area contributed by atoms with Crippen LogP contribution in [0.1, 0.15) is 51.4 Å². The van der Waals surface area contributed by atoms with E-state index in [9.17, 15) is 35.9 Å². The minimum absolute atomic E-state index is 0.223. The van der Waals surface area contributed by atoms with E-state index in [-0.39, 0.29) is 12.8 Å². The number of hydrogen-bond donors (Lipinski definition) is 6. The fourth-order valence-corrected chi connectivity index (χ4v) is 5.78. The zero-order valence-electron chi connectivity index (χ0n) is 36.3. The molecule has 2 heterocycles. The molecule has 68 heavy (non-hydrogen) atoms. The van der Waals surface area contributed by atoms with Gasteiger partial charge in [-0.3, -0.25) is 9.59 Å². The van der Waals surface area contributed by atoms with Crippen molar-refractivity contribution in [2.45, 2.75) is 63.7 Å². The monoisotopic (exact) mass is 950 g/mol. The molecule has 14 nitrogen and oxygen atoms in total. The fourth-order valence-electron chi connectivity index (χ4n) is 5.78. The molecule has 0 aliphatic carbocycles. The van der Waals surface area contributed by atoms with Gasteiger partial charge in [0.05, 0.1) is 11.4 Å². The van der Waals surface area contributed by atoms with Crippen molar-refractivity contribution in [1.29, 1.82) is 0 Å². The second-order valence-corrected chi connectivity index (χ2v) is 14.2. The molecular weight excluding hydrogens is 903 g/mol. The number of anilines is 2. The summed E-state index contributed by atoms with van der Waals surface area (Å²) in [6.07, 6.45) is -1.11. The molecule has 4 aromatic carbocycles. The SMILES string of the molecule is O=C(O)C(F)(F)F.O=C(O)C(F)(F)F.O=C(O)CCCCCNc1ncc(-c2ccccc2)c(-c2ccccc2)n1.O=C(O)CCCCCNc1ncc(-c2ccccc2)c(-c2ccccc2)n1. The van der Waals surface area contributed by atoms with Gasteiger partial charge in [0.15, 0.2) is 0 Å². The highest BCUT2D eigenvalue weighted by molar-refractivity contribution is 5.82. The van der Waals surface area contributed by atoms with Crippen molar-refractivity contribution in [3.8, 4) is 44.8 Å². The number of halogens is 6. The lowest BCUT2D eigenvalue weighted by Crippen LogP contribution is -2.21. The maximum absolute atomic E-state index is 10.6. The molecule has 6 N–H and O–H groups in total. The zero-order chi connectivity index (χ0) is 50.0. The number of hydrogen-bond acceptors (Lipinski definition) is 10. The Balaban J connectivity index is 0.000000282. The Kier molecular flexibility index (Phi) is 22.6. The lowest BCUT2D eigenvalue weighted by Gasteiger charge is -2.12. The van der Waals surface area contributed by atoms with E-state index in [1.165, 1.54) is 0 Å². The predicted octanol–water partition coefficient (Wildman–Crippen LogP) is 11.0. The summed E-state index contributed by atoms with van der Waals surface area (Å²) in [6, 6.07) is 40.4.